The summed E-state index contributed by atoms with van der Waals surface area (Å²) in [5.41, 5.74) is 12.1. The summed E-state index contributed by atoms with van der Waals surface area (Å²) >= 11 is 0. The lowest BCUT2D eigenvalue weighted by atomic mass is 10.1. The van der Waals surface area contributed by atoms with Crippen LogP contribution >= 0.6 is 0 Å². The van der Waals surface area contributed by atoms with Gasteiger partial charge < -0.3 is 31.2 Å². The molecule has 0 bridgehead atoms. The number of hydrogen-bond acceptors (Lipinski definition) is 7. The Balaban J connectivity index is 0.000000892. The number of primary amides is 1. The molecule has 2 amide bonds. The smallest absolute Gasteiger partial charge is 0.300 e. The summed E-state index contributed by atoms with van der Waals surface area (Å²) in [5.74, 6) is -1.67. The monoisotopic (exact) mass is 391 g/mol. The van der Waals surface area contributed by atoms with Crippen LogP contribution in [0.5, 0.6) is 5.75 Å². The van der Waals surface area contributed by atoms with E-state index in [2.05, 4.69) is 10.5 Å². The topological polar surface area (TPSA) is 195 Å². The molecule has 2 rings (SSSR count). The van der Waals surface area contributed by atoms with Gasteiger partial charge in [0.15, 0.2) is 6.61 Å². The number of nitrogens with one attached hydrogen (secondary N) is 2. The molecule has 0 aliphatic rings. The molecule has 0 saturated carbocycles. The van der Waals surface area contributed by atoms with E-state index in [1.54, 1.807) is 19.1 Å². The van der Waals surface area contributed by atoms with Gasteiger partial charge in [-0.1, -0.05) is 17.3 Å². The second-order valence-corrected chi connectivity index (χ2v) is 5.53. The van der Waals surface area contributed by atoms with Gasteiger partial charge >= 0.3 is 0 Å². The van der Waals surface area contributed by atoms with Gasteiger partial charge in [-0.25, -0.2) is 0 Å². The second kappa shape index (κ2) is 10.3. The molecule has 1 aromatic carbocycles. The van der Waals surface area contributed by atoms with Crippen LogP contribution in [-0.4, -0.2) is 40.5 Å². The number of nitrogens with two attached hydrogens (primary N) is 2. The van der Waals surface area contributed by atoms with E-state index in [1.165, 1.54) is 12.1 Å². The van der Waals surface area contributed by atoms with E-state index in [-0.39, 0.29) is 24.7 Å². The molecule has 0 radical (unpaired) electrons. The van der Waals surface area contributed by atoms with Crippen molar-refractivity contribution in [1.29, 1.82) is 5.41 Å². The molecular weight excluding hydrogens is 370 g/mol. The van der Waals surface area contributed by atoms with Gasteiger partial charge in [-0.05, 0) is 13.0 Å². The van der Waals surface area contributed by atoms with Crippen molar-refractivity contribution in [3.8, 4) is 5.75 Å². The third-order valence-corrected chi connectivity index (χ3v) is 3.04. The first kappa shape index (κ1) is 22.2. The first-order valence-electron chi connectivity index (χ1n) is 7.89. The van der Waals surface area contributed by atoms with E-state index < -0.39 is 17.8 Å². The molecule has 11 nitrogen and oxygen atoms in total. The first-order chi connectivity index (χ1) is 13.1. The highest BCUT2D eigenvalue weighted by atomic mass is 16.5. The number of rotatable bonds is 7. The number of carbonyl (C=O) groups excluding carboxylic acids is 2. The molecule has 7 N–H and O–H groups in total. The van der Waals surface area contributed by atoms with Crippen molar-refractivity contribution in [3.63, 3.8) is 0 Å². The third-order valence-electron chi connectivity index (χ3n) is 3.04. The highest BCUT2D eigenvalue weighted by Gasteiger charge is 2.13. The fourth-order valence-electron chi connectivity index (χ4n) is 1.88. The molecule has 1 aromatic heterocycles. The number of carboxylic acid groups (broad SMARTS) is 1. The quantitative estimate of drug-likeness (QED) is 0.325. The number of benzene rings is 1. The fourth-order valence-corrected chi connectivity index (χ4v) is 1.88. The van der Waals surface area contributed by atoms with Gasteiger partial charge in [-0.3, -0.25) is 19.8 Å². The molecule has 28 heavy (non-hydrogen) atoms. The minimum atomic E-state index is -0.833. The van der Waals surface area contributed by atoms with Crippen molar-refractivity contribution in [1.82, 2.24) is 10.5 Å². The van der Waals surface area contributed by atoms with Crippen molar-refractivity contribution in [2.45, 2.75) is 20.4 Å². The van der Waals surface area contributed by atoms with Crippen molar-refractivity contribution in [2.75, 3.05) is 6.61 Å². The minimum absolute atomic E-state index is 0.0902. The zero-order valence-corrected chi connectivity index (χ0v) is 15.3. The number of nitrogen functional groups attached to an aromatic ring is 1. The highest BCUT2D eigenvalue weighted by Crippen LogP contribution is 2.21. The predicted octanol–water partition coefficient (Wildman–Crippen LogP) is 0.152. The van der Waals surface area contributed by atoms with E-state index in [9.17, 15) is 9.59 Å². The number of hydrogen-bond donors (Lipinski definition) is 5. The number of aromatic nitrogens is 1. The van der Waals surface area contributed by atoms with Crippen LogP contribution in [0.1, 0.15) is 34.3 Å². The number of carboxylic acids is 1. The average molecular weight is 391 g/mol. The highest BCUT2D eigenvalue weighted by molar-refractivity contribution is 5.95. The summed E-state index contributed by atoms with van der Waals surface area (Å²) in [6.07, 6.45) is 0. The van der Waals surface area contributed by atoms with E-state index >= 15 is 0 Å². The molecule has 1 heterocycles. The molecular formula is C17H21N5O6. The van der Waals surface area contributed by atoms with Gasteiger partial charge in [0.1, 0.15) is 11.6 Å². The molecule has 0 saturated heterocycles. The van der Waals surface area contributed by atoms with Crippen LogP contribution in [0, 0.1) is 12.3 Å². The Labute approximate surface area is 160 Å². The Hall–Kier alpha value is -3.89. The van der Waals surface area contributed by atoms with Crippen molar-refractivity contribution in [2.24, 2.45) is 11.5 Å². The van der Waals surface area contributed by atoms with Crippen LogP contribution in [0.15, 0.2) is 28.8 Å². The summed E-state index contributed by atoms with van der Waals surface area (Å²) < 4.78 is 10.2. The lowest BCUT2D eigenvalue weighted by molar-refractivity contribution is -0.134. The zero-order chi connectivity index (χ0) is 21.3. The summed E-state index contributed by atoms with van der Waals surface area (Å²) in [7, 11) is 0. The molecule has 0 aliphatic heterocycles. The number of ether oxygens (including phenoxy) is 1. The summed E-state index contributed by atoms with van der Waals surface area (Å²) in [5, 5.41) is 21.2. The number of aryl methyl sites for hydroxylation is 1. The van der Waals surface area contributed by atoms with Gasteiger partial charge in [0.05, 0.1) is 5.69 Å². The van der Waals surface area contributed by atoms with Gasteiger partial charge in [0, 0.05) is 30.7 Å². The minimum Gasteiger partial charge on any atom is -0.483 e. The Bertz CT molecular complexity index is 873. The molecule has 2 aromatic rings. The maximum absolute atomic E-state index is 12.0. The molecule has 0 spiro atoms. The van der Waals surface area contributed by atoms with Gasteiger partial charge in [-0.15, -0.1) is 0 Å². The molecule has 0 aliphatic carbocycles. The zero-order valence-electron chi connectivity index (χ0n) is 15.3. The summed E-state index contributed by atoms with van der Waals surface area (Å²) in [4.78, 5) is 31.9. The van der Waals surface area contributed by atoms with Crippen LogP contribution in [0.4, 0.5) is 0 Å². The first-order valence-corrected chi connectivity index (χ1v) is 7.89. The standard InChI is InChI=1S/C15H17N5O4.C2H4O2/c1-8-4-12(24-20-8)15(22)19-6-10-3-2-9(14(17)18)5-11(10)23-7-13(16)21;1-2(3)4/h2-5H,6-7H2,1H3,(H2,16,21)(H3,17,18)(H,19,22);1H3,(H,3,4). The van der Waals surface area contributed by atoms with E-state index in [0.717, 1.165) is 6.92 Å². The normalized spacial score (nSPS) is 9.64. The fraction of sp³-hybridized carbons (Fsp3) is 0.235. The summed E-state index contributed by atoms with van der Waals surface area (Å²) in [6, 6.07) is 6.27. The summed E-state index contributed by atoms with van der Waals surface area (Å²) in [6.45, 7) is 2.57. The van der Waals surface area contributed by atoms with Crippen LogP contribution in [0.3, 0.4) is 0 Å². The Morgan fingerprint density at radius 3 is 2.43 bits per heavy atom. The van der Waals surface area contributed by atoms with Crippen LogP contribution in [-0.2, 0) is 16.1 Å². The number of amides is 2. The van der Waals surface area contributed by atoms with Crippen LogP contribution in [0.25, 0.3) is 0 Å². The predicted molar refractivity (Wildman–Crippen MR) is 97.9 cm³/mol. The molecule has 150 valence electrons. The Morgan fingerprint density at radius 1 is 1.29 bits per heavy atom. The van der Waals surface area contributed by atoms with Crippen molar-refractivity contribution < 1.29 is 28.8 Å². The second-order valence-electron chi connectivity index (χ2n) is 5.53. The molecule has 0 fully saturated rings. The van der Waals surface area contributed by atoms with Gasteiger partial charge in [-0.2, -0.15) is 0 Å². The van der Waals surface area contributed by atoms with Crippen LogP contribution < -0.4 is 21.5 Å². The molecule has 11 heteroatoms. The lowest BCUT2D eigenvalue weighted by Gasteiger charge is -2.12. The average Bonchev–Trinajstić information content (AvgIpc) is 3.04. The molecule has 0 atom stereocenters. The number of nitrogens with zero attached hydrogens (tertiary/aromatic N) is 1. The number of amidine groups is 1. The number of carbonyl (C=O) groups is 3. The Kier molecular flexibility index (Phi) is 8.15. The van der Waals surface area contributed by atoms with Gasteiger partial charge in [0.2, 0.25) is 5.76 Å². The van der Waals surface area contributed by atoms with E-state index in [4.69, 9.17) is 36.0 Å². The van der Waals surface area contributed by atoms with E-state index in [1.807, 2.05) is 0 Å². The Morgan fingerprint density at radius 2 is 1.93 bits per heavy atom. The van der Waals surface area contributed by atoms with Gasteiger partial charge in [0.25, 0.3) is 17.8 Å². The van der Waals surface area contributed by atoms with Crippen molar-refractivity contribution in [3.05, 3.63) is 46.8 Å². The van der Waals surface area contributed by atoms with E-state index in [0.29, 0.717) is 22.6 Å². The molecule has 0 unspecified atom stereocenters. The largest absolute Gasteiger partial charge is 0.483 e. The maximum Gasteiger partial charge on any atom is 0.300 e. The lowest BCUT2D eigenvalue weighted by Crippen LogP contribution is -2.24. The van der Waals surface area contributed by atoms with Crippen LogP contribution in [0.2, 0.25) is 0 Å². The third kappa shape index (κ3) is 7.56. The number of aliphatic carboxylic acids is 1. The SMILES string of the molecule is CC(=O)O.Cc1cc(C(=O)NCc2ccc(C(=N)N)cc2OCC(N)=O)on1. The van der Waals surface area contributed by atoms with Crippen molar-refractivity contribution >= 4 is 23.6 Å². The maximum atomic E-state index is 12.0.